The second kappa shape index (κ2) is 39.8. The van der Waals surface area contributed by atoms with Crippen LogP contribution >= 0.6 is 7.82 Å². The Morgan fingerprint density at radius 1 is 0.643 bits per heavy atom. The van der Waals surface area contributed by atoms with Gasteiger partial charge in [-0.2, -0.15) is 0 Å². The number of carbonyl (C=O) groups excluding carboxylic acids is 2. The van der Waals surface area contributed by atoms with Gasteiger partial charge in [-0.3, -0.25) is 18.6 Å². The highest BCUT2D eigenvalue weighted by molar-refractivity contribution is 7.47. The van der Waals surface area contributed by atoms with Crippen molar-refractivity contribution in [3.63, 3.8) is 0 Å². The third-order valence-electron chi connectivity index (χ3n) is 7.72. The van der Waals surface area contributed by atoms with Gasteiger partial charge in [-0.25, -0.2) is 4.57 Å². The van der Waals surface area contributed by atoms with Crippen molar-refractivity contribution in [2.75, 3.05) is 26.4 Å². The number of phosphoric acid groups is 1. The number of unbranched alkanes of at least 4 members (excludes halogenated alkanes) is 5. The van der Waals surface area contributed by atoms with E-state index in [-0.39, 0.29) is 32.6 Å². The largest absolute Gasteiger partial charge is 0.472 e. The molecule has 316 valence electrons. The van der Waals surface area contributed by atoms with E-state index >= 15 is 0 Å². The van der Waals surface area contributed by atoms with Gasteiger partial charge in [0.25, 0.3) is 0 Å². The molecule has 10 nitrogen and oxygen atoms in total. The molecule has 0 aliphatic carbocycles. The summed E-state index contributed by atoms with van der Waals surface area (Å²) in [6.07, 6.45) is 49.0. The lowest BCUT2D eigenvalue weighted by Crippen LogP contribution is -2.29. The summed E-state index contributed by atoms with van der Waals surface area (Å²) in [6.45, 7) is 3.28. The smallest absolute Gasteiger partial charge is 0.462 e. The highest BCUT2D eigenvalue weighted by Crippen LogP contribution is 2.43. The van der Waals surface area contributed by atoms with Gasteiger partial charge in [0, 0.05) is 19.4 Å². The van der Waals surface area contributed by atoms with Crippen molar-refractivity contribution in [2.24, 2.45) is 5.73 Å². The van der Waals surface area contributed by atoms with E-state index in [9.17, 15) is 24.2 Å². The monoisotopic (exact) mass is 801 g/mol. The number of rotatable bonds is 36. The maximum atomic E-state index is 12.5. The number of hydrogen-bond acceptors (Lipinski definition) is 9. The lowest BCUT2D eigenvalue weighted by molar-refractivity contribution is -0.161. The van der Waals surface area contributed by atoms with Crippen molar-refractivity contribution in [2.45, 2.75) is 135 Å². The average molecular weight is 802 g/mol. The van der Waals surface area contributed by atoms with Gasteiger partial charge in [-0.15, -0.1) is 0 Å². The molecule has 0 saturated carbocycles. The third-order valence-corrected chi connectivity index (χ3v) is 8.70. The predicted molar refractivity (Wildman–Crippen MR) is 230 cm³/mol. The van der Waals surface area contributed by atoms with E-state index < -0.39 is 38.6 Å². The summed E-state index contributed by atoms with van der Waals surface area (Å²) in [7, 11) is -4.42. The molecular weight excluding hydrogens is 729 g/mol. The van der Waals surface area contributed by atoms with Crippen LogP contribution in [0, 0.1) is 0 Å². The molecule has 4 N–H and O–H groups in total. The van der Waals surface area contributed by atoms with Gasteiger partial charge in [-0.05, 0) is 83.5 Å². The first-order chi connectivity index (χ1) is 27.2. The number of phosphoric ester groups is 1. The van der Waals surface area contributed by atoms with Crippen LogP contribution in [0.25, 0.3) is 0 Å². The highest BCUT2D eigenvalue weighted by atomic mass is 31.2. The second-order valence-corrected chi connectivity index (χ2v) is 14.4. The number of carbonyl (C=O) groups is 2. The van der Waals surface area contributed by atoms with Crippen LogP contribution < -0.4 is 5.73 Å². The Bertz CT molecular complexity index is 1300. The third kappa shape index (κ3) is 38.9. The molecule has 0 radical (unpaired) electrons. The van der Waals surface area contributed by atoms with Crippen molar-refractivity contribution in [1.29, 1.82) is 0 Å². The van der Waals surface area contributed by atoms with Gasteiger partial charge in [0.1, 0.15) is 6.61 Å². The molecule has 0 rings (SSSR count). The number of aliphatic hydroxyl groups is 1. The minimum absolute atomic E-state index is 0.0242. The molecule has 0 bridgehead atoms. The van der Waals surface area contributed by atoms with Gasteiger partial charge in [0.05, 0.1) is 19.3 Å². The first-order valence-corrected chi connectivity index (χ1v) is 22.0. The fourth-order valence-electron chi connectivity index (χ4n) is 4.68. The van der Waals surface area contributed by atoms with Gasteiger partial charge in [0.2, 0.25) is 0 Å². The van der Waals surface area contributed by atoms with Crippen LogP contribution in [0.1, 0.15) is 123 Å². The van der Waals surface area contributed by atoms with Crippen molar-refractivity contribution >= 4 is 19.8 Å². The van der Waals surface area contributed by atoms with E-state index in [0.717, 1.165) is 44.9 Å². The van der Waals surface area contributed by atoms with Crippen molar-refractivity contribution in [3.05, 3.63) is 109 Å². The lowest BCUT2D eigenvalue weighted by Gasteiger charge is -2.19. The van der Waals surface area contributed by atoms with E-state index in [1.165, 1.54) is 19.3 Å². The molecule has 0 fully saturated rings. The fraction of sp³-hybridized carbons (Fsp3) is 0.556. The summed E-state index contributed by atoms with van der Waals surface area (Å²) >= 11 is 0. The lowest BCUT2D eigenvalue weighted by atomic mass is 10.2. The molecule has 0 aromatic heterocycles. The molecule has 56 heavy (non-hydrogen) atoms. The zero-order valence-corrected chi connectivity index (χ0v) is 35.1. The predicted octanol–water partition coefficient (Wildman–Crippen LogP) is 10.6. The van der Waals surface area contributed by atoms with Crippen LogP contribution in [-0.4, -0.2) is 60.5 Å². The van der Waals surface area contributed by atoms with Crippen molar-refractivity contribution < 1.29 is 42.7 Å². The molecular formula is C45H72NO9P. The normalized spacial score (nSPS) is 15.0. The van der Waals surface area contributed by atoms with Crippen molar-refractivity contribution in [1.82, 2.24) is 0 Å². The quantitative estimate of drug-likeness (QED) is 0.0183. The molecule has 0 aliphatic heterocycles. The van der Waals surface area contributed by atoms with Crippen LogP contribution in [0.3, 0.4) is 0 Å². The maximum Gasteiger partial charge on any atom is 0.472 e. The SMILES string of the molecule is CC/C=C\C(O)C/C=C/C=C\C/C=C\C/C=C\CCCC(=O)OC[C@H](COP(=O)(O)OCCN)OC(=O)CCC/C=C\C/C=C\C/C=C\C/C=C\CCCCC. The zero-order valence-electron chi connectivity index (χ0n) is 34.2. The average Bonchev–Trinajstić information content (AvgIpc) is 3.18. The van der Waals surface area contributed by atoms with E-state index in [4.69, 9.17) is 24.3 Å². The molecule has 0 amide bonds. The van der Waals surface area contributed by atoms with E-state index in [0.29, 0.717) is 32.1 Å². The van der Waals surface area contributed by atoms with E-state index in [1.54, 1.807) is 0 Å². The Kier molecular flexibility index (Phi) is 37.5. The molecule has 0 aromatic carbocycles. The standard InChI is InChI=1S/C45H72NO9P/c1-3-5-7-8-9-10-11-12-13-14-15-16-21-24-27-30-33-37-45(49)55-43(41-54-56(50,51)53-39-38-46)40-52-44(48)36-32-29-26-23-20-18-17-19-22-25-28-31-35-42(47)34-6-4-2/h6,9-10,12-13,15-18,22-28,31,34,42-43,47H,3-5,7-8,11,14,19-21,29-30,32-33,35-41,46H2,1-2H3,(H,50,51)/b10-9-,13-12-,16-15-,18-17-,25-22-,26-23-,27-24-,31-28+,34-6-/t42?,43-/m1/s1. The van der Waals surface area contributed by atoms with Crippen molar-refractivity contribution in [3.8, 4) is 0 Å². The molecule has 0 spiro atoms. The Hall–Kier alpha value is -3.37. The number of esters is 2. The van der Waals surface area contributed by atoms with E-state index in [1.807, 2.05) is 61.6 Å². The van der Waals surface area contributed by atoms with Crippen LogP contribution in [0.2, 0.25) is 0 Å². The summed E-state index contributed by atoms with van der Waals surface area (Å²) in [5.41, 5.74) is 5.33. The Morgan fingerprint density at radius 2 is 1.16 bits per heavy atom. The minimum Gasteiger partial charge on any atom is -0.462 e. The van der Waals surface area contributed by atoms with Gasteiger partial charge in [-0.1, -0.05) is 136 Å². The Morgan fingerprint density at radius 3 is 1.71 bits per heavy atom. The zero-order chi connectivity index (χ0) is 41.2. The van der Waals surface area contributed by atoms with Gasteiger partial charge >= 0.3 is 19.8 Å². The number of ether oxygens (including phenoxy) is 2. The summed E-state index contributed by atoms with van der Waals surface area (Å²) in [4.78, 5) is 34.8. The van der Waals surface area contributed by atoms with E-state index in [2.05, 4.69) is 61.6 Å². The first kappa shape index (κ1) is 52.6. The highest BCUT2D eigenvalue weighted by Gasteiger charge is 2.25. The number of allylic oxidation sites excluding steroid dienone is 16. The Labute approximate surface area is 338 Å². The summed E-state index contributed by atoms with van der Waals surface area (Å²) in [5, 5.41) is 9.75. The topological polar surface area (TPSA) is 155 Å². The fourth-order valence-corrected chi connectivity index (χ4v) is 5.45. The number of nitrogens with two attached hydrogens (primary N) is 1. The molecule has 0 aromatic rings. The Balaban J connectivity index is 4.44. The minimum atomic E-state index is -4.42. The van der Waals surface area contributed by atoms with Crippen LogP contribution in [0.4, 0.5) is 0 Å². The molecule has 0 saturated heterocycles. The molecule has 0 aliphatic rings. The molecule has 2 unspecified atom stereocenters. The van der Waals surface area contributed by atoms with Crippen LogP contribution in [0.15, 0.2) is 109 Å². The number of hydrogen-bond donors (Lipinski definition) is 3. The number of aliphatic hydroxyl groups excluding tert-OH is 1. The first-order valence-electron chi connectivity index (χ1n) is 20.5. The van der Waals surface area contributed by atoms with Crippen LogP contribution in [-0.2, 0) is 32.7 Å². The van der Waals surface area contributed by atoms with Gasteiger partial charge < -0.3 is 25.2 Å². The van der Waals surface area contributed by atoms with Crippen LogP contribution in [0.5, 0.6) is 0 Å². The second-order valence-electron chi connectivity index (χ2n) is 13.0. The summed E-state index contributed by atoms with van der Waals surface area (Å²) < 4.78 is 32.6. The molecule has 3 atom stereocenters. The summed E-state index contributed by atoms with van der Waals surface area (Å²) in [5.74, 6) is -1.00. The molecule has 0 heterocycles. The summed E-state index contributed by atoms with van der Waals surface area (Å²) in [6, 6.07) is 0. The van der Waals surface area contributed by atoms with Gasteiger partial charge in [0.15, 0.2) is 6.10 Å². The maximum absolute atomic E-state index is 12.5. The molecule has 11 heteroatoms.